The van der Waals surface area contributed by atoms with Crippen molar-refractivity contribution < 1.29 is 0 Å². The molecule has 0 aliphatic heterocycles. The first-order chi connectivity index (χ1) is 6.11. The third-order valence-corrected chi connectivity index (χ3v) is 4.30. The van der Waals surface area contributed by atoms with Gasteiger partial charge in [-0.1, -0.05) is 34.8 Å². The van der Waals surface area contributed by atoms with Crippen LogP contribution in [0.3, 0.4) is 0 Å². The maximum atomic E-state index is 5.99. The fourth-order valence-corrected chi connectivity index (χ4v) is 3.14. The Morgan fingerprint density at radius 1 is 1.00 bits per heavy atom. The van der Waals surface area contributed by atoms with Gasteiger partial charge >= 0.3 is 0 Å². The molecule has 1 heterocycles. The van der Waals surface area contributed by atoms with E-state index in [9.17, 15) is 0 Å². The number of hydrogen-bond donors (Lipinski definition) is 0. The van der Waals surface area contributed by atoms with Crippen molar-refractivity contribution in [2.45, 2.75) is 9.92 Å². The van der Waals surface area contributed by atoms with E-state index in [4.69, 9.17) is 34.8 Å². The van der Waals surface area contributed by atoms with E-state index in [-0.39, 0.29) is 0 Å². The molecule has 0 aliphatic rings. The third kappa shape index (κ3) is 2.39. The molecule has 72 valence electrons. The highest BCUT2D eigenvalue weighted by Gasteiger charge is 2.14. The molecule has 0 amide bonds. The SMILES string of the molecule is CSc1nc(Cl)c(SC)c(Cl)c1Cl. The zero-order valence-electron chi connectivity index (χ0n) is 6.90. The van der Waals surface area contributed by atoms with Crippen LogP contribution in [-0.4, -0.2) is 17.5 Å². The van der Waals surface area contributed by atoms with Gasteiger partial charge in [0.2, 0.25) is 0 Å². The maximum Gasteiger partial charge on any atom is 0.145 e. The molecule has 1 rings (SSSR count). The number of halogens is 3. The molecule has 1 aromatic rings. The first-order valence-corrected chi connectivity index (χ1v) is 6.82. The highest BCUT2D eigenvalue weighted by Crippen LogP contribution is 2.40. The number of pyridine rings is 1. The Morgan fingerprint density at radius 2 is 1.62 bits per heavy atom. The smallest absolute Gasteiger partial charge is 0.145 e. The lowest BCUT2D eigenvalue weighted by Crippen LogP contribution is -1.87. The van der Waals surface area contributed by atoms with Crippen molar-refractivity contribution in [2.24, 2.45) is 0 Å². The standard InChI is InChI=1S/C7H6Cl3NS2/c1-12-5-3(8)4(9)7(13-2)11-6(5)10/h1-2H3. The predicted molar refractivity (Wildman–Crippen MR) is 62.8 cm³/mol. The summed E-state index contributed by atoms with van der Waals surface area (Å²) in [6, 6.07) is 0. The molecule has 0 N–H and O–H groups in total. The monoisotopic (exact) mass is 273 g/mol. The fraction of sp³-hybridized carbons (Fsp3) is 0.286. The van der Waals surface area contributed by atoms with Crippen molar-refractivity contribution in [3.05, 3.63) is 15.2 Å². The van der Waals surface area contributed by atoms with Gasteiger partial charge in [0.15, 0.2) is 0 Å². The predicted octanol–water partition coefficient (Wildman–Crippen LogP) is 4.49. The number of nitrogens with zero attached hydrogens (tertiary/aromatic N) is 1. The zero-order valence-corrected chi connectivity index (χ0v) is 10.8. The number of rotatable bonds is 2. The minimum Gasteiger partial charge on any atom is -0.227 e. The third-order valence-electron chi connectivity index (χ3n) is 1.36. The van der Waals surface area contributed by atoms with Crippen LogP contribution in [0, 0.1) is 0 Å². The van der Waals surface area contributed by atoms with Crippen molar-refractivity contribution in [1.29, 1.82) is 0 Å². The molecule has 0 atom stereocenters. The molecule has 0 radical (unpaired) electrons. The van der Waals surface area contributed by atoms with Crippen LogP contribution in [0.5, 0.6) is 0 Å². The summed E-state index contributed by atoms with van der Waals surface area (Å²) in [5, 5.41) is 2.03. The largest absolute Gasteiger partial charge is 0.227 e. The van der Waals surface area contributed by atoms with Crippen LogP contribution >= 0.6 is 58.3 Å². The van der Waals surface area contributed by atoms with Gasteiger partial charge in [0.1, 0.15) is 10.2 Å². The minimum absolute atomic E-state index is 0.409. The van der Waals surface area contributed by atoms with E-state index in [2.05, 4.69) is 4.98 Å². The van der Waals surface area contributed by atoms with Gasteiger partial charge in [-0.15, -0.1) is 23.5 Å². The van der Waals surface area contributed by atoms with Gasteiger partial charge in [0, 0.05) is 0 Å². The summed E-state index contributed by atoms with van der Waals surface area (Å²) in [5.74, 6) is 0. The van der Waals surface area contributed by atoms with Gasteiger partial charge < -0.3 is 0 Å². The molecule has 0 saturated carbocycles. The average Bonchev–Trinajstić information content (AvgIpc) is 2.12. The molecule has 0 aliphatic carbocycles. The Kier molecular flexibility index (Phi) is 4.52. The van der Waals surface area contributed by atoms with Crippen molar-refractivity contribution in [2.75, 3.05) is 12.5 Å². The normalized spacial score (nSPS) is 10.5. The van der Waals surface area contributed by atoms with Crippen LogP contribution in [0.15, 0.2) is 9.92 Å². The van der Waals surface area contributed by atoms with Crippen molar-refractivity contribution >= 4 is 58.3 Å². The molecule has 1 aromatic heterocycles. The second-order valence-electron chi connectivity index (χ2n) is 2.07. The molecule has 6 heteroatoms. The zero-order chi connectivity index (χ0) is 10.0. The summed E-state index contributed by atoms with van der Waals surface area (Å²) in [6.07, 6.45) is 3.75. The first kappa shape index (κ1) is 11.8. The lowest BCUT2D eigenvalue weighted by Gasteiger charge is -2.07. The second-order valence-corrected chi connectivity index (χ2v) is 4.80. The summed E-state index contributed by atoms with van der Waals surface area (Å²) < 4.78 is 0. The van der Waals surface area contributed by atoms with Crippen LogP contribution in [0.25, 0.3) is 0 Å². The van der Waals surface area contributed by atoms with Crippen LogP contribution in [0.2, 0.25) is 15.2 Å². The van der Waals surface area contributed by atoms with Crippen LogP contribution in [0.4, 0.5) is 0 Å². The molecular weight excluding hydrogens is 269 g/mol. The minimum atomic E-state index is 0.409. The van der Waals surface area contributed by atoms with E-state index in [0.29, 0.717) is 20.2 Å². The van der Waals surface area contributed by atoms with E-state index in [1.807, 2.05) is 12.5 Å². The average molecular weight is 275 g/mol. The van der Waals surface area contributed by atoms with Crippen LogP contribution < -0.4 is 0 Å². The number of hydrogen-bond acceptors (Lipinski definition) is 3. The van der Waals surface area contributed by atoms with E-state index in [0.717, 1.165) is 4.90 Å². The van der Waals surface area contributed by atoms with E-state index < -0.39 is 0 Å². The van der Waals surface area contributed by atoms with Gasteiger partial charge in [0.25, 0.3) is 0 Å². The summed E-state index contributed by atoms with van der Waals surface area (Å²) in [7, 11) is 0. The summed E-state index contributed by atoms with van der Waals surface area (Å²) in [6.45, 7) is 0. The lowest BCUT2D eigenvalue weighted by molar-refractivity contribution is 1.09. The summed E-state index contributed by atoms with van der Waals surface area (Å²) in [4.78, 5) is 4.84. The van der Waals surface area contributed by atoms with Gasteiger partial charge in [-0.2, -0.15) is 0 Å². The fourth-order valence-electron chi connectivity index (χ4n) is 0.782. The van der Waals surface area contributed by atoms with Crippen LogP contribution in [0.1, 0.15) is 0 Å². The highest BCUT2D eigenvalue weighted by molar-refractivity contribution is 7.99. The molecule has 1 nitrogen and oxygen atoms in total. The molecule has 0 saturated heterocycles. The topological polar surface area (TPSA) is 12.9 Å². The lowest BCUT2D eigenvalue weighted by atomic mass is 10.5. The molecule has 0 bridgehead atoms. The number of thioether (sulfide) groups is 2. The van der Waals surface area contributed by atoms with Crippen LogP contribution in [-0.2, 0) is 0 Å². The van der Waals surface area contributed by atoms with Crippen molar-refractivity contribution in [3.8, 4) is 0 Å². The maximum absolute atomic E-state index is 5.99. The van der Waals surface area contributed by atoms with Crippen molar-refractivity contribution in [1.82, 2.24) is 4.98 Å². The Balaban J connectivity index is 3.37. The van der Waals surface area contributed by atoms with E-state index >= 15 is 0 Å². The van der Waals surface area contributed by atoms with Gasteiger partial charge in [-0.25, -0.2) is 4.98 Å². The van der Waals surface area contributed by atoms with E-state index in [1.165, 1.54) is 23.5 Å². The molecular formula is C7H6Cl3NS2. The molecule has 0 fully saturated rings. The summed E-state index contributed by atoms with van der Waals surface area (Å²) >= 11 is 20.7. The van der Waals surface area contributed by atoms with Gasteiger partial charge in [-0.05, 0) is 12.5 Å². The molecule has 0 aromatic carbocycles. The Hall–Kier alpha value is 0.720. The number of aromatic nitrogens is 1. The first-order valence-electron chi connectivity index (χ1n) is 3.24. The highest BCUT2D eigenvalue weighted by atomic mass is 35.5. The Bertz CT molecular complexity index is 330. The summed E-state index contributed by atoms with van der Waals surface area (Å²) in [5.41, 5.74) is 0. The molecule has 0 unspecified atom stereocenters. The molecule has 13 heavy (non-hydrogen) atoms. The second kappa shape index (κ2) is 4.99. The Morgan fingerprint density at radius 3 is 2.08 bits per heavy atom. The quantitative estimate of drug-likeness (QED) is 0.583. The van der Waals surface area contributed by atoms with E-state index in [1.54, 1.807) is 0 Å². The molecule has 0 spiro atoms. The van der Waals surface area contributed by atoms with Gasteiger partial charge in [0.05, 0.1) is 14.9 Å². The Labute approximate surface area is 101 Å². The van der Waals surface area contributed by atoms with Crippen molar-refractivity contribution in [3.63, 3.8) is 0 Å². The van der Waals surface area contributed by atoms with Gasteiger partial charge in [-0.3, -0.25) is 0 Å².